The Kier molecular flexibility index (Phi) is 3.64. The zero-order valence-corrected chi connectivity index (χ0v) is 13.3. The van der Waals surface area contributed by atoms with Gasteiger partial charge in [-0.25, -0.2) is 0 Å². The van der Waals surface area contributed by atoms with E-state index in [-0.39, 0.29) is 5.75 Å². The number of fused-ring (bicyclic) bond motifs is 1. The molecule has 0 fully saturated rings. The van der Waals surface area contributed by atoms with Crippen LogP contribution in [0.2, 0.25) is 0 Å². The van der Waals surface area contributed by atoms with E-state index in [0.717, 1.165) is 17.7 Å². The van der Waals surface area contributed by atoms with Gasteiger partial charge in [0.05, 0.1) is 5.56 Å². The first-order valence-corrected chi connectivity index (χ1v) is 7.75. The number of rotatable bonds is 2. The molecule has 4 nitrogen and oxygen atoms in total. The molecule has 0 saturated carbocycles. The second-order valence-corrected chi connectivity index (χ2v) is 5.76. The second kappa shape index (κ2) is 5.87. The van der Waals surface area contributed by atoms with Gasteiger partial charge in [0.2, 0.25) is 0 Å². The summed E-state index contributed by atoms with van der Waals surface area (Å²) in [4.78, 5) is 1.33. The van der Waals surface area contributed by atoms with Gasteiger partial charge in [0, 0.05) is 0 Å². The van der Waals surface area contributed by atoms with Crippen molar-refractivity contribution in [2.45, 2.75) is 6.18 Å². The highest BCUT2D eigenvalue weighted by Gasteiger charge is 2.29. The lowest BCUT2D eigenvalue weighted by atomic mass is 10.0. The van der Waals surface area contributed by atoms with E-state index in [1.54, 1.807) is 36.4 Å². The fraction of sp³-hybridized carbons (Fsp3) is 0.0526. The zero-order chi connectivity index (χ0) is 18.3. The summed E-state index contributed by atoms with van der Waals surface area (Å²) in [6, 6.07) is 16.9. The van der Waals surface area contributed by atoms with Gasteiger partial charge in [-0.1, -0.05) is 30.3 Å². The first-order valence-electron chi connectivity index (χ1n) is 7.75. The van der Waals surface area contributed by atoms with E-state index in [0.29, 0.717) is 22.3 Å². The van der Waals surface area contributed by atoms with Gasteiger partial charge >= 0.3 is 6.18 Å². The number of alkyl halides is 3. The topological polar surface area (TPSA) is 50.9 Å². The molecule has 0 atom stereocenters. The van der Waals surface area contributed by atoms with Crippen molar-refractivity contribution in [3.05, 3.63) is 72.3 Å². The molecule has 26 heavy (non-hydrogen) atoms. The lowest BCUT2D eigenvalue weighted by Crippen LogP contribution is -2.03. The van der Waals surface area contributed by atoms with Crippen LogP contribution in [0.25, 0.3) is 27.8 Å². The van der Waals surface area contributed by atoms with E-state index < -0.39 is 11.7 Å². The van der Waals surface area contributed by atoms with Crippen LogP contribution >= 0.6 is 0 Å². The molecule has 0 aliphatic heterocycles. The first kappa shape index (κ1) is 16.1. The summed E-state index contributed by atoms with van der Waals surface area (Å²) in [5, 5.41) is 18.6. The largest absolute Gasteiger partial charge is 0.506 e. The molecule has 0 bridgehead atoms. The van der Waals surface area contributed by atoms with Crippen molar-refractivity contribution in [2.24, 2.45) is 0 Å². The van der Waals surface area contributed by atoms with Crippen molar-refractivity contribution in [3.8, 4) is 22.6 Å². The minimum atomic E-state index is -4.36. The molecule has 4 aromatic rings. The molecule has 0 saturated heterocycles. The molecule has 0 aliphatic rings. The number of para-hydroxylation sites is 2. The van der Waals surface area contributed by atoms with Crippen LogP contribution in [-0.4, -0.2) is 20.1 Å². The van der Waals surface area contributed by atoms with E-state index in [4.69, 9.17) is 0 Å². The van der Waals surface area contributed by atoms with Gasteiger partial charge in [-0.3, -0.25) is 0 Å². The number of benzene rings is 3. The fourth-order valence-corrected chi connectivity index (χ4v) is 2.69. The fourth-order valence-electron chi connectivity index (χ4n) is 2.69. The van der Waals surface area contributed by atoms with E-state index in [1.165, 1.54) is 23.0 Å². The number of hydrogen-bond acceptors (Lipinski definition) is 3. The Morgan fingerprint density at radius 2 is 1.42 bits per heavy atom. The molecular formula is C19H12F3N3O. The van der Waals surface area contributed by atoms with Crippen LogP contribution in [-0.2, 0) is 6.18 Å². The summed E-state index contributed by atoms with van der Waals surface area (Å²) in [5.74, 6) is 0.0516. The predicted octanol–water partition coefficient (Wildman–Crippen LogP) is 4.81. The summed E-state index contributed by atoms with van der Waals surface area (Å²) >= 11 is 0. The quantitative estimate of drug-likeness (QED) is 0.561. The third kappa shape index (κ3) is 2.88. The molecule has 0 unspecified atom stereocenters. The van der Waals surface area contributed by atoms with Crippen LogP contribution in [0.3, 0.4) is 0 Å². The van der Waals surface area contributed by atoms with E-state index in [9.17, 15) is 18.3 Å². The normalized spacial score (nSPS) is 11.8. The summed E-state index contributed by atoms with van der Waals surface area (Å²) in [7, 11) is 0. The van der Waals surface area contributed by atoms with Crippen LogP contribution < -0.4 is 0 Å². The molecule has 0 radical (unpaired) electrons. The number of aromatic hydroxyl groups is 1. The predicted molar refractivity (Wildman–Crippen MR) is 91.0 cm³/mol. The van der Waals surface area contributed by atoms with E-state index in [2.05, 4.69) is 10.2 Å². The SMILES string of the molecule is Oc1ccccc1-n1nc2ccc(-c3ccc(C(F)(F)F)cc3)cc2n1. The number of nitrogens with zero attached hydrogens (tertiary/aromatic N) is 3. The summed E-state index contributed by atoms with van der Waals surface area (Å²) in [6.07, 6.45) is -4.36. The smallest absolute Gasteiger partial charge is 0.416 e. The molecule has 3 aromatic carbocycles. The maximum absolute atomic E-state index is 12.7. The zero-order valence-electron chi connectivity index (χ0n) is 13.3. The lowest BCUT2D eigenvalue weighted by molar-refractivity contribution is -0.137. The van der Waals surface area contributed by atoms with Crippen LogP contribution in [0, 0.1) is 0 Å². The lowest BCUT2D eigenvalue weighted by Gasteiger charge is -2.07. The maximum atomic E-state index is 12.7. The van der Waals surface area contributed by atoms with Gasteiger partial charge in [0.25, 0.3) is 0 Å². The average molecular weight is 355 g/mol. The highest BCUT2D eigenvalue weighted by atomic mass is 19.4. The second-order valence-electron chi connectivity index (χ2n) is 5.76. The Morgan fingerprint density at radius 3 is 2.12 bits per heavy atom. The van der Waals surface area contributed by atoms with Crippen molar-refractivity contribution in [2.75, 3.05) is 0 Å². The number of aromatic nitrogens is 3. The summed E-state index contributed by atoms with van der Waals surface area (Å²) in [6.45, 7) is 0. The van der Waals surface area contributed by atoms with Gasteiger partial charge in [0.15, 0.2) is 0 Å². The maximum Gasteiger partial charge on any atom is 0.416 e. The summed E-state index contributed by atoms with van der Waals surface area (Å²) in [5.41, 5.74) is 2.33. The van der Waals surface area contributed by atoms with Gasteiger partial charge < -0.3 is 5.11 Å². The van der Waals surface area contributed by atoms with Crippen molar-refractivity contribution < 1.29 is 18.3 Å². The molecule has 130 valence electrons. The molecule has 1 heterocycles. The van der Waals surface area contributed by atoms with Crippen LogP contribution in [0.4, 0.5) is 13.2 Å². The number of phenols is 1. The van der Waals surface area contributed by atoms with Crippen LogP contribution in [0.15, 0.2) is 66.7 Å². The molecule has 0 amide bonds. The molecule has 4 rings (SSSR count). The Balaban J connectivity index is 1.73. The molecule has 0 spiro atoms. The van der Waals surface area contributed by atoms with Crippen LogP contribution in [0.5, 0.6) is 5.75 Å². The summed E-state index contributed by atoms with van der Waals surface area (Å²) < 4.78 is 38.1. The van der Waals surface area contributed by atoms with Crippen molar-refractivity contribution in [1.29, 1.82) is 0 Å². The minimum absolute atomic E-state index is 0.0516. The third-order valence-corrected chi connectivity index (χ3v) is 4.02. The number of halogens is 3. The molecule has 1 N–H and O–H groups in total. The Hall–Kier alpha value is -3.35. The third-order valence-electron chi connectivity index (χ3n) is 4.02. The Morgan fingerprint density at radius 1 is 0.769 bits per heavy atom. The first-order chi connectivity index (χ1) is 12.4. The van der Waals surface area contributed by atoms with E-state index >= 15 is 0 Å². The van der Waals surface area contributed by atoms with Gasteiger partial charge in [0.1, 0.15) is 22.5 Å². The minimum Gasteiger partial charge on any atom is -0.506 e. The van der Waals surface area contributed by atoms with Crippen molar-refractivity contribution in [1.82, 2.24) is 15.0 Å². The molecule has 0 aliphatic carbocycles. The number of hydrogen-bond donors (Lipinski definition) is 1. The average Bonchev–Trinajstić information content (AvgIpc) is 3.04. The standard InChI is InChI=1S/C19H12F3N3O/c20-19(21,22)14-8-5-12(6-9-14)13-7-10-15-16(11-13)24-25(23-15)17-3-1-2-4-18(17)26/h1-11,26H. The Bertz CT molecular complexity index is 1090. The number of phenolic OH excluding ortho intramolecular Hbond substituents is 1. The van der Waals surface area contributed by atoms with Gasteiger partial charge in [-0.05, 0) is 47.5 Å². The molecular weight excluding hydrogens is 343 g/mol. The van der Waals surface area contributed by atoms with Gasteiger partial charge in [-0.15, -0.1) is 15.0 Å². The Labute approximate surface area is 146 Å². The highest BCUT2D eigenvalue weighted by molar-refractivity contribution is 5.81. The van der Waals surface area contributed by atoms with Crippen molar-refractivity contribution >= 4 is 11.0 Å². The van der Waals surface area contributed by atoms with Gasteiger partial charge in [-0.2, -0.15) is 13.2 Å². The molecule has 7 heteroatoms. The van der Waals surface area contributed by atoms with Crippen LogP contribution in [0.1, 0.15) is 5.56 Å². The monoisotopic (exact) mass is 355 g/mol. The van der Waals surface area contributed by atoms with Crippen molar-refractivity contribution in [3.63, 3.8) is 0 Å². The van der Waals surface area contributed by atoms with E-state index in [1.807, 2.05) is 0 Å². The highest BCUT2D eigenvalue weighted by Crippen LogP contribution is 2.31. The molecule has 1 aromatic heterocycles.